The Bertz CT molecular complexity index is 518. The van der Waals surface area contributed by atoms with E-state index in [1.165, 1.54) is 13.3 Å². The smallest absolute Gasteiger partial charge is 0.308 e. The molecule has 1 saturated heterocycles. The Kier molecular flexibility index (Phi) is 6.63. The summed E-state index contributed by atoms with van der Waals surface area (Å²) in [6.45, 7) is 5.30. The molecule has 1 aromatic rings. The highest BCUT2D eigenvalue weighted by atomic mass is 16.5. The van der Waals surface area contributed by atoms with Gasteiger partial charge in [-0.1, -0.05) is 31.9 Å². The van der Waals surface area contributed by atoms with E-state index in [0.717, 1.165) is 50.8 Å². The van der Waals surface area contributed by atoms with Crippen molar-refractivity contribution < 1.29 is 14.3 Å². The SMILES string of the molecule is CCCCC(C(=O)N1CCCCC1)c1ccc(OC(C)=O)cc1. The minimum atomic E-state index is -0.329. The molecule has 1 aromatic carbocycles. The molecule has 1 unspecified atom stereocenters. The highest BCUT2D eigenvalue weighted by molar-refractivity contribution is 5.84. The maximum absolute atomic E-state index is 12.9. The topological polar surface area (TPSA) is 46.6 Å². The normalized spacial score (nSPS) is 16.0. The number of amides is 1. The standard InChI is InChI=1S/C19H27NO3/c1-3-4-8-18(19(22)20-13-6-5-7-14-20)16-9-11-17(12-10-16)23-15(2)21/h9-12,18H,3-8,13-14H2,1-2H3. The quantitative estimate of drug-likeness (QED) is 0.590. The summed E-state index contributed by atoms with van der Waals surface area (Å²) < 4.78 is 5.07. The summed E-state index contributed by atoms with van der Waals surface area (Å²) in [5.74, 6) is 0.364. The van der Waals surface area contributed by atoms with E-state index in [0.29, 0.717) is 5.75 Å². The molecule has 0 saturated carbocycles. The van der Waals surface area contributed by atoms with Gasteiger partial charge in [-0.25, -0.2) is 0 Å². The van der Waals surface area contributed by atoms with Crippen LogP contribution in [-0.2, 0) is 9.59 Å². The number of piperidine rings is 1. The monoisotopic (exact) mass is 317 g/mol. The second-order valence-corrected chi connectivity index (χ2v) is 6.24. The van der Waals surface area contributed by atoms with Crippen LogP contribution in [0.1, 0.15) is 63.9 Å². The van der Waals surface area contributed by atoms with Crippen LogP contribution in [0, 0.1) is 0 Å². The number of esters is 1. The van der Waals surface area contributed by atoms with E-state index in [1.807, 2.05) is 17.0 Å². The van der Waals surface area contributed by atoms with Gasteiger partial charge in [0.1, 0.15) is 5.75 Å². The average Bonchev–Trinajstić information content (AvgIpc) is 2.56. The molecule has 1 aliphatic heterocycles. The number of carbonyl (C=O) groups is 2. The molecule has 0 N–H and O–H groups in total. The first-order chi connectivity index (χ1) is 11.1. The lowest BCUT2D eigenvalue weighted by atomic mass is 9.91. The van der Waals surface area contributed by atoms with E-state index in [4.69, 9.17) is 4.74 Å². The molecule has 0 aromatic heterocycles. The number of rotatable bonds is 6. The molecule has 0 bridgehead atoms. The van der Waals surface area contributed by atoms with Crippen molar-refractivity contribution in [3.8, 4) is 5.75 Å². The Labute approximate surface area is 138 Å². The van der Waals surface area contributed by atoms with Crippen molar-refractivity contribution in [2.45, 2.75) is 58.3 Å². The first-order valence-electron chi connectivity index (χ1n) is 8.69. The Morgan fingerprint density at radius 2 is 1.78 bits per heavy atom. The van der Waals surface area contributed by atoms with Gasteiger partial charge in [-0.05, 0) is 43.4 Å². The average molecular weight is 317 g/mol. The third kappa shape index (κ3) is 5.08. The van der Waals surface area contributed by atoms with Crippen LogP contribution in [0.4, 0.5) is 0 Å². The van der Waals surface area contributed by atoms with Crippen LogP contribution in [0.15, 0.2) is 24.3 Å². The molecular weight excluding hydrogens is 290 g/mol. The number of hydrogen-bond donors (Lipinski definition) is 0. The summed E-state index contributed by atoms with van der Waals surface area (Å²) in [4.78, 5) is 25.9. The summed E-state index contributed by atoms with van der Waals surface area (Å²) in [6, 6.07) is 7.39. The number of carbonyl (C=O) groups excluding carboxylic acids is 2. The first kappa shape index (κ1) is 17.5. The van der Waals surface area contributed by atoms with Crippen LogP contribution < -0.4 is 4.74 Å². The van der Waals surface area contributed by atoms with E-state index < -0.39 is 0 Å². The van der Waals surface area contributed by atoms with E-state index >= 15 is 0 Å². The van der Waals surface area contributed by atoms with Crippen LogP contribution in [-0.4, -0.2) is 29.9 Å². The fraction of sp³-hybridized carbons (Fsp3) is 0.579. The van der Waals surface area contributed by atoms with Crippen LogP contribution in [0.5, 0.6) is 5.75 Å². The van der Waals surface area contributed by atoms with Gasteiger partial charge >= 0.3 is 5.97 Å². The van der Waals surface area contributed by atoms with Crippen molar-refractivity contribution in [1.29, 1.82) is 0 Å². The molecule has 1 heterocycles. The molecule has 0 spiro atoms. The fourth-order valence-corrected chi connectivity index (χ4v) is 3.11. The van der Waals surface area contributed by atoms with Crippen molar-refractivity contribution in [2.24, 2.45) is 0 Å². The van der Waals surface area contributed by atoms with E-state index in [1.54, 1.807) is 12.1 Å². The second-order valence-electron chi connectivity index (χ2n) is 6.24. The van der Waals surface area contributed by atoms with Gasteiger partial charge in [0.15, 0.2) is 0 Å². The molecule has 126 valence electrons. The molecule has 1 amide bonds. The maximum atomic E-state index is 12.9. The van der Waals surface area contributed by atoms with Gasteiger partial charge < -0.3 is 9.64 Å². The van der Waals surface area contributed by atoms with Gasteiger partial charge in [0, 0.05) is 20.0 Å². The third-order valence-electron chi connectivity index (χ3n) is 4.36. The van der Waals surface area contributed by atoms with E-state index in [9.17, 15) is 9.59 Å². The second kappa shape index (κ2) is 8.70. The Hall–Kier alpha value is -1.84. The Morgan fingerprint density at radius 3 is 2.35 bits per heavy atom. The summed E-state index contributed by atoms with van der Waals surface area (Å²) in [5, 5.41) is 0. The molecule has 1 aliphatic rings. The van der Waals surface area contributed by atoms with Gasteiger partial charge in [-0.3, -0.25) is 9.59 Å². The minimum absolute atomic E-state index is 0.0839. The summed E-state index contributed by atoms with van der Waals surface area (Å²) in [5.41, 5.74) is 1.02. The number of ether oxygens (including phenoxy) is 1. The molecule has 2 rings (SSSR count). The molecule has 4 heteroatoms. The van der Waals surface area contributed by atoms with Crippen molar-refractivity contribution in [2.75, 3.05) is 13.1 Å². The Balaban J connectivity index is 2.12. The van der Waals surface area contributed by atoms with E-state index in [-0.39, 0.29) is 17.8 Å². The predicted molar refractivity (Wildman–Crippen MR) is 90.4 cm³/mol. The third-order valence-corrected chi connectivity index (χ3v) is 4.36. The van der Waals surface area contributed by atoms with Crippen molar-refractivity contribution in [3.63, 3.8) is 0 Å². The van der Waals surface area contributed by atoms with Gasteiger partial charge in [0.05, 0.1) is 5.92 Å². The number of nitrogens with zero attached hydrogens (tertiary/aromatic N) is 1. The van der Waals surface area contributed by atoms with Crippen molar-refractivity contribution in [3.05, 3.63) is 29.8 Å². The van der Waals surface area contributed by atoms with Gasteiger partial charge in [-0.15, -0.1) is 0 Å². The maximum Gasteiger partial charge on any atom is 0.308 e. The zero-order chi connectivity index (χ0) is 16.7. The largest absolute Gasteiger partial charge is 0.427 e. The van der Waals surface area contributed by atoms with Crippen molar-refractivity contribution in [1.82, 2.24) is 4.90 Å². The van der Waals surface area contributed by atoms with Crippen LogP contribution >= 0.6 is 0 Å². The van der Waals surface area contributed by atoms with Gasteiger partial charge in [0.25, 0.3) is 0 Å². The van der Waals surface area contributed by atoms with Gasteiger partial charge in [-0.2, -0.15) is 0 Å². The molecule has 0 radical (unpaired) electrons. The number of hydrogen-bond acceptors (Lipinski definition) is 3. The van der Waals surface area contributed by atoms with Crippen LogP contribution in [0.2, 0.25) is 0 Å². The molecule has 1 atom stereocenters. The predicted octanol–water partition coefficient (Wildman–Crippen LogP) is 3.90. The highest BCUT2D eigenvalue weighted by Gasteiger charge is 2.26. The first-order valence-corrected chi connectivity index (χ1v) is 8.69. The van der Waals surface area contributed by atoms with E-state index in [2.05, 4.69) is 6.92 Å². The zero-order valence-electron chi connectivity index (χ0n) is 14.2. The fourth-order valence-electron chi connectivity index (χ4n) is 3.11. The minimum Gasteiger partial charge on any atom is -0.427 e. The lowest BCUT2D eigenvalue weighted by molar-refractivity contribution is -0.134. The zero-order valence-corrected chi connectivity index (χ0v) is 14.2. The molecule has 23 heavy (non-hydrogen) atoms. The number of benzene rings is 1. The highest BCUT2D eigenvalue weighted by Crippen LogP contribution is 2.27. The molecule has 4 nitrogen and oxygen atoms in total. The molecule has 1 fully saturated rings. The Morgan fingerprint density at radius 1 is 1.13 bits per heavy atom. The molecular formula is C19H27NO3. The molecule has 0 aliphatic carbocycles. The lowest BCUT2D eigenvalue weighted by Gasteiger charge is -2.30. The van der Waals surface area contributed by atoms with Gasteiger partial charge in [0.2, 0.25) is 5.91 Å². The summed E-state index contributed by atoms with van der Waals surface area (Å²) >= 11 is 0. The summed E-state index contributed by atoms with van der Waals surface area (Å²) in [7, 11) is 0. The van der Waals surface area contributed by atoms with Crippen LogP contribution in [0.3, 0.4) is 0 Å². The van der Waals surface area contributed by atoms with Crippen molar-refractivity contribution >= 4 is 11.9 Å². The van der Waals surface area contributed by atoms with Crippen LogP contribution in [0.25, 0.3) is 0 Å². The summed E-state index contributed by atoms with van der Waals surface area (Å²) in [6.07, 6.45) is 6.43. The number of unbranched alkanes of at least 4 members (excludes halogenated alkanes) is 1. The number of likely N-dealkylation sites (tertiary alicyclic amines) is 1. The lowest BCUT2D eigenvalue weighted by Crippen LogP contribution is -2.38.